The molecule has 1 aromatic carbocycles. The van der Waals surface area contributed by atoms with Crippen LogP contribution < -0.4 is 9.47 Å². The van der Waals surface area contributed by atoms with E-state index in [2.05, 4.69) is 34.8 Å². The summed E-state index contributed by atoms with van der Waals surface area (Å²) in [6, 6.07) is 7.95. The maximum Gasteiger partial charge on any atom is 0.165 e. The van der Waals surface area contributed by atoms with Gasteiger partial charge in [-0.25, -0.2) is 0 Å². The Bertz CT molecular complexity index is 796. The molecule has 1 aromatic heterocycles. The summed E-state index contributed by atoms with van der Waals surface area (Å²) in [5.41, 5.74) is 3.46. The quantitative estimate of drug-likeness (QED) is 0.637. The highest BCUT2D eigenvalue weighted by molar-refractivity contribution is 5.46. The number of aryl methyl sites for hydroxylation is 1. The van der Waals surface area contributed by atoms with Crippen molar-refractivity contribution in [3.8, 4) is 11.5 Å². The highest BCUT2D eigenvalue weighted by atomic mass is 16.5. The lowest BCUT2D eigenvalue weighted by Gasteiger charge is -2.28. The van der Waals surface area contributed by atoms with Crippen LogP contribution in [0.2, 0.25) is 0 Å². The van der Waals surface area contributed by atoms with Gasteiger partial charge in [0, 0.05) is 50.7 Å². The first-order valence-electron chi connectivity index (χ1n) is 10.4. The minimum Gasteiger partial charge on any atom is -0.493 e. The van der Waals surface area contributed by atoms with E-state index in [0.717, 1.165) is 25.2 Å². The number of benzene rings is 1. The van der Waals surface area contributed by atoms with Gasteiger partial charge in [-0.05, 0) is 37.2 Å². The number of hydrogen-bond acceptors (Lipinski definition) is 7. The smallest absolute Gasteiger partial charge is 0.165 e. The number of morpholine rings is 1. The summed E-state index contributed by atoms with van der Waals surface area (Å²) in [7, 11) is 3.72. The maximum atomic E-state index is 10.5. The number of β-amino-alcohol motifs (C(OH)–C–C–N with tert-alkyl or cyclic N) is 1. The van der Waals surface area contributed by atoms with Gasteiger partial charge in [-0.2, -0.15) is 0 Å². The molecule has 1 aliphatic rings. The van der Waals surface area contributed by atoms with Crippen molar-refractivity contribution in [3.05, 3.63) is 53.3 Å². The van der Waals surface area contributed by atoms with Crippen molar-refractivity contribution >= 4 is 0 Å². The van der Waals surface area contributed by atoms with E-state index in [-0.39, 0.29) is 6.61 Å². The minimum atomic E-state index is -0.571. The molecular weight excluding hydrogens is 382 g/mol. The molecule has 1 aliphatic heterocycles. The van der Waals surface area contributed by atoms with Crippen LogP contribution in [-0.4, -0.2) is 79.6 Å². The van der Waals surface area contributed by atoms with E-state index < -0.39 is 6.10 Å². The van der Waals surface area contributed by atoms with E-state index in [9.17, 15) is 5.11 Å². The molecule has 1 atom stereocenters. The van der Waals surface area contributed by atoms with E-state index in [4.69, 9.17) is 14.2 Å². The van der Waals surface area contributed by atoms with Crippen molar-refractivity contribution in [2.24, 2.45) is 0 Å². The molecule has 164 valence electrons. The van der Waals surface area contributed by atoms with Crippen LogP contribution in [0.5, 0.6) is 11.5 Å². The summed E-state index contributed by atoms with van der Waals surface area (Å²) in [5, 5.41) is 10.5. The zero-order valence-electron chi connectivity index (χ0n) is 18.2. The molecule has 1 N–H and O–H groups in total. The molecule has 30 heavy (non-hydrogen) atoms. The van der Waals surface area contributed by atoms with Crippen LogP contribution in [0.1, 0.15) is 16.7 Å². The molecule has 0 bridgehead atoms. The van der Waals surface area contributed by atoms with Crippen LogP contribution in [0.4, 0.5) is 0 Å². The first kappa shape index (κ1) is 22.5. The third-order valence-corrected chi connectivity index (χ3v) is 5.29. The zero-order valence-corrected chi connectivity index (χ0v) is 18.2. The number of pyridine rings is 1. The Balaban J connectivity index is 1.62. The Morgan fingerprint density at radius 2 is 1.97 bits per heavy atom. The Morgan fingerprint density at radius 3 is 2.70 bits per heavy atom. The molecule has 2 heterocycles. The first-order chi connectivity index (χ1) is 14.6. The van der Waals surface area contributed by atoms with Gasteiger partial charge >= 0.3 is 0 Å². The first-order valence-corrected chi connectivity index (χ1v) is 10.4. The topological polar surface area (TPSA) is 67.3 Å². The molecule has 2 aromatic rings. The Hall–Kier alpha value is -2.19. The molecule has 0 aliphatic carbocycles. The SMILES string of the molecule is COc1cccc(CN(C)Cc2ccncc2C)c1OC[C@H](O)CN1CCOCC1. The highest BCUT2D eigenvalue weighted by Crippen LogP contribution is 2.32. The largest absolute Gasteiger partial charge is 0.493 e. The lowest BCUT2D eigenvalue weighted by molar-refractivity contribution is 0.00431. The number of ether oxygens (including phenoxy) is 3. The Kier molecular flexibility index (Phi) is 8.45. The monoisotopic (exact) mass is 415 g/mol. The second-order valence-electron chi connectivity index (χ2n) is 7.80. The lowest BCUT2D eigenvalue weighted by Crippen LogP contribution is -2.42. The number of methoxy groups -OCH3 is 1. The normalized spacial score (nSPS) is 15.9. The third-order valence-electron chi connectivity index (χ3n) is 5.29. The average Bonchev–Trinajstić information content (AvgIpc) is 2.75. The van der Waals surface area contributed by atoms with E-state index in [1.165, 1.54) is 11.1 Å². The van der Waals surface area contributed by atoms with Crippen molar-refractivity contribution < 1.29 is 19.3 Å². The van der Waals surface area contributed by atoms with Crippen LogP contribution >= 0.6 is 0 Å². The molecule has 1 saturated heterocycles. The fourth-order valence-electron chi connectivity index (χ4n) is 3.64. The van der Waals surface area contributed by atoms with E-state index in [0.29, 0.717) is 37.8 Å². The predicted molar refractivity (Wildman–Crippen MR) is 116 cm³/mol. The standard InChI is InChI=1S/C23H33N3O4/c1-18-13-24-8-7-19(18)14-25(2)15-20-5-4-6-22(28-3)23(20)30-17-21(27)16-26-9-11-29-12-10-26/h4-8,13,21,27H,9-12,14-17H2,1-3H3/t21-/m1/s1. The minimum absolute atomic E-state index is 0.220. The molecule has 3 rings (SSSR count). The van der Waals surface area contributed by atoms with Gasteiger partial charge < -0.3 is 19.3 Å². The number of para-hydroxylation sites is 1. The Morgan fingerprint density at radius 1 is 1.20 bits per heavy atom. The summed E-state index contributed by atoms with van der Waals surface area (Å²) >= 11 is 0. The van der Waals surface area contributed by atoms with Crippen LogP contribution in [0.25, 0.3) is 0 Å². The van der Waals surface area contributed by atoms with Crippen molar-refractivity contribution in [1.29, 1.82) is 0 Å². The van der Waals surface area contributed by atoms with Gasteiger partial charge in [0.1, 0.15) is 12.7 Å². The van der Waals surface area contributed by atoms with Crippen LogP contribution in [0.3, 0.4) is 0 Å². The lowest BCUT2D eigenvalue weighted by atomic mass is 10.1. The van der Waals surface area contributed by atoms with Gasteiger partial charge in [0.2, 0.25) is 0 Å². The van der Waals surface area contributed by atoms with Gasteiger partial charge in [-0.1, -0.05) is 12.1 Å². The van der Waals surface area contributed by atoms with Gasteiger partial charge in [0.25, 0.3) is 0 Å². The van der Waals surface area contributed by atoms with E-state index in [1.807, 2.05) is 30.6 Å². The summed E-state index contributed by atoms with van der Waals surface area (Å²) < 4.78 is 17.0. The zero-order chi connectivity index (χ0) is 21.3. The molecule has 0 saturated carbocycles. The predicted octanol–water partition coefficient (Wildman–Crippen LogP) is 2.10. The fraction of sp³-hybridized carbons (Fsp3) is 0.522. The van der Waals surface area contributed by atoms with Crippen LogP contribution in [0, 0.1) is 6.92 Å². The van der Waals surface area contributed by atoms with Crippen molar-refractivity contribution in [2.45, 2.75) is 26.1 Å². The number of aromatic nitrogens is 1. The van der Waals surface area contributed by atoms with Crippen molar-refractivity contribution in [2.75, 3.05) is 53.6 Å². The molecule has 0 unspecified atom stereocenters. The molecule has 0 radical (unpaired) electrons. The third kappa shape index (κ3) is 6.40. The van der Waals surface area contributed by atoms with Gasteiger partial charge in [-0.3, -0.25) is 14.8 Å². The van der Waals surface area contributed by atoms with Crippen LogP contribution in [0.15, 0.2) is 36.7 Å². The summed E-state index contributed by atoms with van der Waals surface area (Å²) in [4.78, 5) is 8.60. The molecule has 0 amide bonds. The number of aliphatic hydroxyl groups is 1. The summed E-state index contributed by atoms with van der Waals surface area (Å²) in [6.07, 6.45) is 3.14. The molecule has 0 spiro atoms. The second-order valence-corrected chi connectivity index (χ2v) is 7.80. The van der Waals surface area contributed by atoms with Crippen LogP contribution in [-0.2, 0) is 17.8 Å². The van der Waals surface area contributed by atoms with Crippen molar-refractivity contribution in [3.63, 3.8) is 0 Å². The molecule has 7 nitrogen and oxygen atoms in total. The number of rotatable bonds is 10. The average molecular weight is 416 g/mol. The number of aliphatic hydroxyl groups excluding tert-OH is 1. The molecular formula is C23H33N3O4. The molecule has 1 fully saturated rings. The fourth-order valence-corrected chi connectivity index (χ4v) is 3.64. The summed E-state index contributed by atoms with van der Waals surface area (Å²) in [6.45, 7) is 7.50. The van der Waals surface area contributed by atoms with Gasteiger partial charge in [-0.15, -0.1) is 0 Å². The highest BCUT2D eigenvalue weighted by Gasteiger charge is 2.18. The maximum absolute atomic E-state index is 10.5. The Labute approximate surface area is 179 Å². The number of hydrogen-bond donors (Lipinski definition) is 1. The second kappa shape index (κ2) is 11.3. The molecule has 7 heteroatoms. The van der Waals surface area contributed by atoms with E-state index >= 15 is 0 Å². The van der Waals surface area contributed by atoms with E-state index in [1.54, 1.807) is 7.11 Å². The van der Waals surface area contributed by atoms with Gasteiger partial charge in [0.05, 0.1) is 20.3 Å². The van der Waals surface area contributed by atoms with Crippen molar-refractivity contribution in [1.82, 2.24) is 14.8 Å². The van der Waals surface area contributed by atoms with Gasteiger partial charge in [0.15, 0.2) is 11.5 Å². The summed E-state index contributed by atoms with van der Waals surface area (Å²) in [5.74, 6) is 1.37. The number of nitrogens with zero attached hydrogens (tertiary/aromatic N) is 3.